The highest BCUT2D eigenvalue weighted by Gasteiger charge is 2.13. The number of nitrogens with zero attached hydrogens (tertiary/aromatic N) is 1. The fraction of sp³-hybridized carbons (Fsp3) is 0.500. The van der Waals surface area contributed by atoms with Crippen LogP contribution in [0.15, 0.2) is 18.2 Å². The zero-order valence-corrected chi connectivity index (χ0v) is 9.73. The highest BCUT2D eigenvalue weighted by molar-refractivity contribution is 5.44. The third-order valence-corrected chi connectivity index (χ3v) is 2.57. The summed E-state index contributed by atoms with van der Waals surface area (Å²) in [4.78, 5) is 2.21. The van der Waals surface area contributed by atoms with Crippen LogP contribution in [-0.4, -0.2) is 39.0 Å². The van der Waals surface area contributed by atoms with Crippen molar-refractivity contribution in [3.8, 4) is 11.5 Å². The Bertz CT molecular complexity index is 354. The van der Waals surface area contributed by atoms with Crippen LogP contribution in [0, 0.1) is 0 Å². The van der Waals surface area contributed by atoms with Crippen LogP contribution in [0.5, 0.6) is 11.5 Å². The summed E-state index contributed by atoms with van der Waals surface area (Å²) in [5, 5.41) is 0. The molecule has 0 aromatic heterocycles. The molecular weight excluding hydrogens is 206 g/mol. The van der Waals surface area contributed by atoms with Crippen molar-refractivity contribution in [1.29, 1.82) is 0 Å². The summed E-state index contributed by atoms with van der Waals surface area (Å²) in [6, 6.07) is 6.06. The molecule has 1 aliphatic heterocycles. The highest BCUT2D eigenvalue weighted by Crippen LogP contribution is 2.32. The van der Waals surface area contributed by atoms with E-state index in [0.717, 1.165) is 31.2 Å². The number of methoxy groups -OCH3 is 1. The predicted molar refractivity (Wildman–Crippen MR) is 60.8 cm³/mol. The molecule has 88 valence electrons. The molecule has 0 spiro atoms. The van der Waals surface area contributed by atoms with Gasteiger partial charge in [-0.05, 0) is 24.7 Å². The lowest BCUT2D eigenvalue weighted by molar-refractivity contribution is 0.158. The molecule has 0 fully saturated rings. The van der Waals surface area contributed by atoms with E-state index >= 15 is 0 Å². The van der Waals surface area contributed by atoms with E-state index in [0.29, 0.717) is 6.79 Å². The van der Waals surface area contributed by atoms with Crippen molar-refractivity contribution in [3.05, 3.63) is 23.8 Å². The van der Waals surface area contributed by atoms with Crippen LogP contribution in [-0.2, 0) is 11.3 Å². The van der Waals surface area contributed by atoms with E-state index in [1.807, 2.05) is 12.1 Å². The standard InChI is InChI=1S/C12H17NO3/c1-13(5-6-14-2)8-10-3-4-11-12(7-10)16-9-15-11/h3-4,7H,5-6,8-9H2,1-2H3. The van der Waals surface area contributed by atoms with Gasteiger partial charge in [-0.15, -0.1) is 0 Å². The summed E-state index contributed by atoms with van der Waals surface area (Å²) in [5.41, 5.74) is 1.22. The molecule has 0 amide bonds. The maximum absolute atomic E-state index is 5.34. The van der Waals surface area contributed by atoms with Crippen LogP contribution in [0.2, 0.25) is 0 Å². The van der Waals surface area contributed by atoms with Gasteiger partial charge in [0.05, 0.1) is 6.61 Å². The Morgan fingerprint density at radius 1 is 1.31 bits per heavy atom. The molecular formula is C12H17NO3. The van der Waals surface area contributed by atoms with E-state index in [2.05, 4.69) is 18.0 Å². The van der Waals surface area contributed by atoms with Gasteiger partial charge in [0.25, 0.3) is 0 Å². The van der Waals surface area contributed by atoms with E-state index in [1.165, 1.54) is 5.56 Å². The van der Waals surface area contributed by atoms with Gasteiger partial charge in [-0.1, -0.05) is 6.07 Å². The van der Waals surface area contributed by atoms with Crippen LogP contribution in [0.25, 0.3) is 0 Å². The van der Waals surface area contributed by atoms with Crippen molar-refractivity contribution in [3.63, 3.8) is 0 Å². The normalized spacial score (nSPS) is 13.4. The summed E-state index contributed by atoms with van der Waals surface area (Å²) in [6.45, 7) is 2.89. The topological polar surface area (TPSA) is 30.9 Å². The molecule has 0 saturated heterocycles. The van der Waals surface area contributed by atoms with Gasteiger partial charge < -0.3 is 14.2 Å². The fourth-order valence-electron chi connectivity index (χ4n) is 1.68. The third-order valence-electron chi connectivity index (χ3n) is 2.57. The molecule has 0 aliphatic carbocycles. The van der Waals surface area contributed by atoms with Crippen molar-refractivity contribution >= 4 is 0 Å². The predicted octanol–water partition coefficient (Wildman–Crippen LogP) is 1.49. The van der Waals surface area contributed by atoms with Gasteiger partial charge in [0.2, 0.25) is 6.79 Å². The number of ether oxygens (including phenoxy) is 3. The Balaban J connectivity index is 1.94. The maximum Gasteiger partial charge on any atom is 0.231 e. The van der Waals surface area contributed by atoms with Gasteiger partial charge in [-0.2, -0.15) is 0 Å². The first-order valence-electron chi connectivity index (χ1n) is 5.35. The number of benzene rings is 1. The van der Waals surface area contributed by atoms with Gasteiger partial charge in [0.1, 0.15) is 0 Å². The Labute approximate surface area is 95.7 Å². The second-order valence-corrected chi connectivity index (χ2v) is 3.92. The first-order chi connectivity index (χ1) is 7.79. The largest absolute Gasteiger partial charge is 0.454 e. The molecule has 0 bridgehead atoms. The maximum atomic E-state index is 5.34. The minimum absolute atomic E-state index is 0.332. The number of hydrogen-bond donors (Lipinski definition) is 0. The minimum Gasteiger partial charge on any atom is -0.454 e. The lowest BCUT2D eigenvalue weighted by Crippen LogP contribution is -2.22. The average Bonchev–Trinajstić information content (AvgIpc) is 2.73. The first kappa shape index (κ1) is 11.2. The van der Waals surface area contributed by atoms with Crippen LogP contribution < -0.4 is 9.47 Å². The molecule has 1 aliphatic rings. The van der Waals surface area contributed by atoms with Gasteiger partial charge in [-0.25, -0.2) is 0 Å². The molecule has 4 nitrogen and oxygen atoms in total. The number of likely N-dealkylation sites (N-methyl/N-ethyl adjacent to an activating group) is 1. The number of hydrogen-bond acceptors (Lipinski definition) is 4. The number of fused-ring (bicyclic) bond motifs is 1. The van der Waals surface area contributed by atoms with Crippen LogP contribution >= 0.6 is 0 Å². The van der Waals surface area contributed by atoms with Crippen molar-refractivity contribution in [2.75, 3.05) is 34.1 Å². The second kappa shape index (κ2) is 5.18. The van der Waals surface area contributed by atoms with Gasteiger partial charge in [0, 0.05) is 20.2 Å². The first-order valence-corrected chi connectivity index (χ1v) is 5.35. The zero-order chi connectivity index (χ0) is 11.4. The molecule has 16 heavy (non-hydrogen) atoms. The lowest BCUT2D eigenvalue weighted by atomic mass is 10.2. The van der Waals surface area contributed by atoms with Crippen molar-refractivity contribution in [1.82, 2.24) is 4.90 Å². The smallest absolute Gasteiger partial charge is 0.231 e. The summed E-state index contributed by atoms with van der Waals surface area (Å²) >= 11 is 0. The van der Waals surface area contributed by atoms with Crippen molar-refractivity contribution < 1.29 is 14.2 Å². The van der Waals surface area contributed by atoms with Crippen molar-refractivity contribution in [2.24, 2.45) is 0 Å². The lowest BCUT2D eigenvalue weighted by Gasteiger charge is -2.16. The quantitative estimate of drug-likeness (QED) is 0.756. The summed E-state index contributed by atoms with van der Waals surface area (Å²) < 4.78 is 15.6. The monoisotopic (exact) mass is 223 g/mol. The van der Waals surface area contributed by atoms with Crippen LogP contribution in [0.1, 0.15) is 5.56 Å². The van der Waals surface area contributed by atoms with Crippen LogP contribution in [0.4, 0.5) is 0 Å². The van der Waals surface area contributed by atoms with Crippen molar-refractivity contribution in [2.45, 2.75) is 6.54 Å². The average molecular weight is 223 g/mol. The van der Waals surface area contributed by atoms with E-state index in [4.69, 9.17) is 14.2 Å². The third kappa shape index (κ3) is 2.65. The minimum atomic E-state index is 0.332. The molecule has 1 aromatic rings. The summed E-state index contributed by atoms with van der Waals surface area (Å²) in [7, 11) is 3.79. The van der Waals surface area contributed by atoms with Gasteiger partial charge in [-0.3, -0.25) is 4.90 Å². The summed E-state index contributed by atoms with van der Waals surface area (Å²) in [6.07, 6.45) is 0. The Kier molecular flexibility index (Phi) is 3.64. The fourth-order valence-corrected chi connectivity index (χ4v) is 1.68. The van der Waals surface area contributed by atoms with Gasteiger partial charge in [0.15, 0.2) is 11.5 Å². The second-order valence-electron chi connectivity index (χ2n) is 3.92. The molecule has 0 saturated carbocycles. The molecule has 0 atom stereocenters. The van der Waals surface area contributed by atoms with E-state index in [1.54, 1.807) is 7.11 Å². The molecule has 1 aromatic carbocycles. The Morgan fingerprint density at radius 3 is 2.94 bits per heavy atom. The van der Waals surface area contributed by atoms with E-state index < -0.39 is 0 Å². The SMILES string of the molecule is COCCN(C)Cc1ccc2c(c1)OCO2. The van der Waals surface area contributed by atoms with E-state index in [9.17, 15) is 0 Å². The molecule has 4 heteroatoms. The summed E-state index contributed by atoms with van der Waals surface area (Å²) in [5.74, 6) is 1.68. The Hall–Kier alpha value is -1.26. The highest BCUT2D eigenvalue weighted by atomic mass is 16.7. The molecule has 1 heterocycles. The molecule has 2 rings (SSSR count). The number of rotatable bonds is 5. The molecule has 0 N–H and O–H groups in total. The van der Waals surface area contributed by atoms with Gasteiger partial charge >= 0.3 is 0 Å². The molecule has 0 radical (unpaired) electrons. The van der Waals surface area contributed by atoms with E-state index in [-0.39, 0.29) is 0 Å². The zero-order valence-electron chi connectivity index (χ0n) is 9.73. The van der Waals surface area contributed by atoms with Crippen LogP contribution in [0.3, 0.4) is 0 Å². The molecule has 0 unspecified atom stereocenters. The Morgan fingerprint density at radius 2 is 2.12 bits per heavy atom.